The van der Waals surface area contributed by atoms with E-state index in [2.05, 4.69) is 79.4 Å². The zero-order valence-corrected chi connectivity index (χ0v) is 28.1. The van der Waals surface area contributed by atoms with E-state index in [0.29, 0.717) is 0 Å². The van der Waals surface area contributed by atoms with E-state index in [-0.39, 0.29) is 28.2 Å². The van der Waals surface area contributed by atoms with Crippen molar-refractivity contribution >= 4 is 33.2 Å². The van der Waals surface area contributed by atoms with Crippen LogP contribution in [0.4, 0.5) is 0 Å². The molecule has 1 rings (SSSR count). The normalized spacial score (nSPS) is 24.2. The molecule has 1 aliphatic heterocycles. The SMILES string of the molecule is CCC[CH2][Sn](/[CH]=C/[C@H]1O[Si](C(C)(C)C)(C(C)(C)C)O[C@H](/C=C/C=O)[C@@H]1C)([CH2]CCC)[CH2]CCC. The number of carbonyl (C=O) groups is 1. The fourth-order valence-corrected chi connectivity index (χ4v) is 25.1. The van der Waals surface area contributed by atoms with E-state index < -0.39 is 26.9 Å². The molecule has 198 valence electrons. The van der Waals surface area contributed by atoms with E-state index in [9.17, 15) is 4.79 Å². The Hall–Kier alpha value is 0.0856. The van der Waals surface area contributed by atoms with Gasteiger partial charge in [-0.25, -0.2) is 0 Å². The van der Waals surface area contributed by atoms with Crippen molar-refractivity contribution in [3.63, 3.8) is 0 Å². The first-order valence-electron chi connectivity index (χ1n) is 14.0. The molecule has 0 aromatic rings. The minimum absolute atomic E-state index is 0.0427. The van der Waals surface area contributed by atoms with Crippen LogP contribution in [0.3, 0.4) is 0 Å². The Morgan fingerprint density at radius 3 is 1.53 bits per heavy atom. The third-order valence-corrected chi connectivity index (χ3v) is 27.0. The summed E-state index contributed by atoms with van der Waals surface area (Å²) in [6.45, 7) is 22.9. The summed E-state index contributed by atoms with van der Waals surface area (Å²) in [4.78, 5) is 11.2. The van der Waals surface area contributed by atoms with Crippen LogP contribution in [-0.4, -0.2) is 45.4 Å². The van der Waals surface area contributed by atoms with Crippen molar-refractivity contribution in [3.8, 4) is 0 Å². The van der Waals surface area contributed by atoms with E-state index in [1.807, 2.05) is 6.08 Å². The maximum atomic E-state index is 11.2. The van der Waals surface area contributed by atoms with Gasteiger partial charge in [0.2, 0.25) is 0 Å². The van der Waals surface area contributed by atoms with Gasteiger partial charge in [0.05, 0.1) is 0 Å². The Kier molecular flexibility index (Phi) is 13.4. The molecule has 0 N–H and O–H groups in total. The van der Waals surface area contributed by atoms with Gasteiger partial charge in [-0.05, 0) is 0 Å². The monoisotopic (exact) mass is 600 g/mol. The van der Waals surface area contributed by atoms with E-state index in [1.165, 1.54) is 51.8 Å². The molecule has 0 aromatic carbocycles. The van der Waals surface area contributed by atoms with Crippen molar-refractivity contribution in [2.75, 3.05) is 0 Å². The van der Waals surface area contributed by atoms with Gasteiger partial charge in [-0.15, -0.1) is 0 Å². The minimum atomic E-state index is -2.67. The zero-order valence-electron chi connectivity index (χ0n) is 24.2. The van der Waals surface area contributed by atoms with Gasteiger partial charge in [-0.2, -0.15) is 0 Å². The fourth-order valence-electron chi connectivity index (χ4n) is 5.74. The Labute approximate surface area is 217 Å². The van der Waals surface area contributed by atoms with Gasteiger partial charge in [0.25, 0.3) is 0 Å². The first-order valence-corrected chi connectivity index (χ1v) is 23.5. The van der Waals surface area contributed by atoms with Gasteiger partial charge in [0, 0.05) is 0 Å². The molecule has 0 aromatic heterocycles. The fraction of sp³-hybridized carbons (Fsp3) is 0.828. The molecule has 1 aliphatic rings. The molecule has 0 unspecified atom stereocenters. The summed E-state index contributed by atoms with van der Waals surface area (Å²) in [5.41, 5.74) is 0. The molecule has 0 bridgehead atoms. The van der Waals surface area contributed by atoms with Crippen molar-refractivity contribution in [2.45, 2.75) is 143 Å². The average Bonchev–Trinajstić information content (AvgIpc) is 2.76. The number of hydrogen-bond acceptors (Lipinski definition) is 3. The summed E-state index contributed by atoms with van der Waals surface area (Å²) in [6, 6.07) is 0. The van der Waals surface area contributed by atoms with Gasteiger partial charge in [0.1, 0.15) is 0 Å². The molecule has 0 aliphatic carbocycles. The zero-order chi connectivity index (χ0) is 26.0. The first kappa shape index (κ1) is 32.1. The third-order valence-electron chi connectivity index (χ3n) is 7.72. The average molecular weight is 600 g/mol. The quantitative estimate of drug-likeness (QED) is 0.120. The van der Waals surface area contributed by atoms with Crippen LogP contribution >= 0.6 is 0 Å². The van der Waals surface area contributed by atoms with Crippen LogP contribution in [0.15, 0.2) is 22.3 Å². The molecule has 0 saturated carbocycles. The van der Waals surface area contributed by atoms with Crippen LogP contribution in [-0.2, 0) is 13.6 Å². The molecule has 0 spiro atoms. The number of hydrogen-bond donors (Lipinski definition) is 0. The van der Waals surface area contributed by atoms with Crippen molar-refractivity contribution < 1.29 is 13.6 Å². The number of unbranched alkanes of at least 4 members (excludes halogenated alkanes) is 3. The van der Waals surface area contributed by atoms with Crippen molar-refractivity contribution in [1.82, 2.24) is 0 Å². The van der Waals surface area contributed by atoms with Gasteiger partial charge in [0.15, 0.2) is 0 Å². The molecule has 5 heteroatoms. The van der Waals surface area contributed by atoms with Crippen LogP contribution < -0.4 is 0 Å². The van der Waals surface area contributed by atoms with Crippen molar-refractivity contribution in [3.05, 3.63) is 22.3 Å². The summed E-state index contributed by atoms with van der Waals surface area (Å²) in [7, 11) is -2.67. The second-order valence-electron chi connectivity index (χ2n) is 12.7. The van der Waals surface area contributed by atoms with Crippen molar-refractivity contribution in [2.24, 2.45) is 5.92 Å². The summed E-state index contributed by atoms with van der Waals surface area (Å²) in [5.74, 6) is 0.185. The number of rotatable bonds is 13. The van der Waals surface area contributed by atoms with Crippen LogP contribution in [0.5, 0.6) is 0 Å². The van der Waals surface area contributed by atoms with Crippen LogP contribution in [0.25, 0.3) is 0 Å². The molecule has 3 atom stereocenters. The predicted octanol–water partition coefficient (Wildman–Crippen LogP) is 9.15. The maximum absolute atomic E-state index is 11.2. The molecule has 1 heterocycles. The van der Waals surface area contributed by atoms with Gasteiger partial charge >= 0.3 is 218 Å². The van der Waals surface area contributed by atoms with Gasteiger partial charge < -0.3 is 0 Å². The van der Waals surface area contributed by atoms with E-state index in [1.54, 1.807) is 6.08 Å². The van der Waals surface area contributed by atoms with E-state index in [0.717, 1.165) is 6.29 Å². The second-order valence-corrected chi connectivity index (χ2v) is 30.4. The topological polar surface area (TPSA) is 35.5 Å². The Morgan fingerprint density at radius 1 is 0.765 bits per heavy atom. The van der Waals surface area contributed by atoms with E-state index in [4.69, 9.17) is 8.85 Å². The molecule has 34 heavy (non-hydrogen) atoms. The van der Waals surface area contributed by atoms with E-state index >= 15 is 0 Å². The number of carbonyl (C=O) groups excluding carboxylic acids is 1. The molecular weight excluding hydrogens is 543 g/mol. The second kappa shape index (κ2) is 14.1. The Bertz CT molecular complexity index is 623. The molecule has 0 radical (unpaired) electrons. The molecule has 1 saturated heterocycles. The Balaban J connectivity index is 3.50. The summed E-state index contributed by atoms with van der Waals surface area (Å²) in [5, 5.41) is -0.171. The van der Waals surface area contributed by atoms with Gasteiger partial charge in [-0.3, -0.25) is 0 Å². The molecule has 0 amide bonds. The predicted molar refractivity (Wildman–Crippen MR) is 153 cm³/mol. The van der Waals surface area contributed by atoms with Crippen LogP contribution in [0.2, 0.25) is 23.4 Å². The Morgan fingerprint density at radius 2 is 1.18 bits per heavy atom. The van der Waals surface area contributed by atoms with Crippen LogP contribution in [0.1, 0.15) is 108 Å². The first-order chi connectivity index (χ1) is 15.8. The standard InChI is InChI=1S/C17H29O3Si.3C4H9.Sn/c1-9-14-13(2)15(11-10-12-18)20-21(19-14,16(3,4)5)17(6,7)8;3*1-3-4-2;/h1,9-15H,2-8H3;3*1,3-4H2,2H3;/b9-1?,11-10+;;;;/t13-,14-,15-;;;;/m1..../s1. The molecule has 1 fully saturated rings. The molecular formula is C29H56O3SiSn. The summed E-state index contributed by atoms with van der Waals surface area (Å²) < 4.78 is 21.3. The van der Waals surface area contributed by atoms with Crippen molar-refractivity contribution in [1.29, 1.82) is 0 Å². The summed E-state index contributed by atoms with van der Waals surface area (Å²) >= 11 is -2.43. The molecule has 3 nitrogen and oxygen atoms in total. The number of allylic oxidation sites excluding steroid dienone is 1. The third kappa shape index (κ3) is 8.31. The van der Waals surface area contributed by atoms with Gasteiger partial charge in [-0.1, -0.05) is 0 Å². The summed E-state index contributed by atoms with van der Waals surface area (Å²) in [6.07, 6.45) is 14.9. The number of aldehydes is 1. The van der Waals surface area contributed by atoms with Crippen LogP contribution in [0, 0.1) is 5.92 Å².